The van der Waals surface area contributed by atoms with E-state index in [1.165, 1.54) is 24.7 Å². The largest absolute Gasteiger partial charge is 0.383 e. The zero-order valence-electron chi connectivity index (χ0n) is 21.0. The summed E-state index contributed by atoms with van der Waals surface area (Å²) in [5.74, 6) is 2.17. The standard InChI is InChI=1S/C26H30N10OS/c27-9-18-32-21(13-3-4-13)22(38-18)17-10-31-36-23(28)19(12-1-2-12)20(33-25(17)36)14-7-15-5-6-16(8-14)35(15)26(37)24-29-11-30-34-24/h10-16H,1-9,27-28H2,(H,29,30,34). The van der Waals surface area contributed by atoms with E-state index in [-0.39, 0.29) is 23.9 Å². The van der Waals surface area contributed by atoms with Crippen LogP contribution >= 0.6 is 11.3 Å². The number of piperidine rings is 1. The minimum atomic E-state index is -0.0506. The van der Waals surface area contributed by atoms with Gasteiger partial charge in [-0.1, -0.05) is 0 Å². The van der Waals surface area contributed by atoms with E-state index < -0.39 is 0 Å². The molecule has 1 amide bonds. The zero-order valence-corrected chi connectivity index (χ0v) is 21.8. The summed E-state index contributed by atoms with van der Waals surface area (Å²) in [5, 5.41) is 12.3. The molecular weight excluding hydrogens is 500 g/mol. The third kappa shape index (κ3) is 3.42. The fourth-order valence-electron chi connectivity index (χ4n) is 6.76. The SMILES string of the molecule is NCc1nc(C2CC2)c(-c2cnn3c(N)c(C4CC4)c(C4CC5CCC(C4)N5C(=O)c4ncn[nH]4)nc23)s1. The Hall–Kier alpha value is -3.38. The van der Waals surface area contributed by atoms with E-state index >= 15 is 0 Å². The number of nitrogens with two attached hydrogens (primary N) is 2. The molecule has 12 heteroatoms. The van der Waals surface area contributed by atoms with E-state index in [1.807, 2.05) is 15.6 Å². The van der Waals surface area contributed by atoms with Crippen molar-refractivity contribution in [3.63, 3.8) is 0 Å². The molecule has 8 rings (SSSR count). The van der Waals surface area contributed by atoms with Gasteiger partial charge in [0.25, 0.3) is 5.91 Å². The number of anilines is 1. The first kappa shape index (κ1) is 22.6. The van der Waals surface area contributed by atoms with Crippen LogP contribution < -0.4 is 11.5 Å². The molecule has 2 aliphatic heterocycles. The monoisotopic (exact) mass is 530 g/mol. The molecule has 4 fully saturated rings. The van der Waals surface area contributed by atoms with Crippen LogP contribution in [0.3, 0.4) is 0 Å². The van der Waals surface area contributed by atoms with E-state index in [0.29, 0.717) is 30.0 Å². The van der Waals surface area contributed by atoms with E-state index in [2.05, 4.69) is 15.2 Å². The van der Waals surface area contributed by atoms with Gasteiger partial charge >= 0.3 is 0 Å². The molecule has 4 aliphatic rings. The predicted octanol–water partition coefficient (Wildman–Crippen LogP) is 3.32. The van der Waals surface area contributed by atoms with Crippen LogP contribution in [0.1, 0.15) is 102 Å². The summed E-state index contributed by atoms with van der Waals surface area (Å²) in [6.45, 7) is 0.435. The van der Waals surface area contributed by atoms with Crippen molar-refractivity contribution in [3.8, 4) is 10.4 Å². The Labute approximate surface area is 223 Å². The average molecular weight is 531 g/mol. The molecule has 11 nitrogen and oxygen atoms in total. The molecule has 2 aliphatic carbocycles. The fraction of sp³-hybridized carbons (Fsp3) is 0.538. The van der Waals surface area contributed by atoms with Gasteiger partial charge < -0.3 is 16.4 Å². The lowest BCUT2D eigenvalue weighted by atomic mass is 9.85. The van der Waals surface area contributed by atoms with Crippen LogP contribution in [0, 0.1) is 0 Å². The molecule has 2 bridgehead atoms. The zero-order chi connectivity index (χ0) is 25.5. The van der Waals surface area contributed by atoms with Gasteiger partial charge in [-0.3, -0.25) is 9.89 Å². The van der Waals surface area contributed by atoms with Crippen LogP contribution in [0.15, 0.2) is 12.5 Å². The maximum Gasteiger partial charge on any atom is 0.291 e. The Morgan fingerprint density at radius 1 is 1.03 bits per heavy atom. The Morgan fingerprint density at radius 3 is 2.45 bits per heavy atom. The third-order valence-electron chi connectivity index (χ3n) is 8.79. The molecule has 2 unspecified atom stereocenters. The predicted molar refractivity (Wildman–Crippen MR) is 142 cm³/mol. The van der Waals surface area contributed by atoms with E-state index in [1.54, 1.807) is 11.3 Å². The molecule has 2 atom stereocenters. The van der Waals surface area contributed by atoms with Crippen LogP contribution in [0.4, 0.5) is 5.82 Å². The molecule has 0 radical (unpaired) electrons. The maximum absolute atomic E-state index is 13.2. The second-order valence-electron chi connectivity index (χ2n) is 11.3. The van der Waals surface area contributed by atoms with Gasteiger partial charge in [-0.05, 0) is 57.3 Å². The van der Waals surface area contributed by atoms with Gasteiger partial charge in [-0.2, -0.15) is 14.7 Å². The summed E-state index contributed by atoms with van der Waals surface area (Å²) in [5.41, 5.74) is 18.1. The second kappa shape index (κ2) is 8.31. The quantitative estimate of drug-likeness (QED) is 0.343. The Balaban J connectivity index is 1.21. The summed E-state index contributed by atoms with van der Waals surface area (Å²) in [6.07, 6.45) is 11.7. The lowest BCUT2D eigenvalue weighted by molar-refractivity contribution is 0.0557. The minimum absolute atomic E-state index is 0.0506. The van der Waals surface area contributed by atoms with E-state index in [0.717, 1.165) is 71.0 Å². The number of H-pyrrole nitrogens is 1. The van der Waals surface area contributed by atoms with Crippen LogP contribution in [-0.4, -0.2) is 57.7 Å². The first-order valence-electron chi connectivity index (χ1n) is 13.7. The molecule has 38 heavy (non-hydrogen) atoms. The summed E-state index contributed by atoms with van der Waals surface area (Å²) in [4.78, 5) is 30.7. The van der Waals surface area contributed by atoms with Crippen LogP contribution in [-0.2, 0) is 6.54 Å². The van der Waals surface area contributed by atoms with Crippen LogP contribution in [0.2, 0.25) is 0 Å². The van der Waals surface area contributed by atoms with Gasteiger partial charge in [0, 0.05) is 36.0 Å². The highest BCUT2D eigenvalue weighted by molar-refractivity contribution is 7.15. The van der Waals surface area contributed by atoms with Crippen molar-refractivity contribution in [2.45, 2.75) is 87.7 Å². The summed E-state index contributed by atoms with van der Waals surface area (Å²) in [6, 6.07) is 0.337. The second-order valence-corrected chi connectivity index (χ2v) is 12.3. The number of aromatic nitrogens is 7. The first-order valence-corrected chi connectivity index (χ1v) is 14.5. The van der Waals surface area contributed by atoms with Gasteiger partial charge in [0.1, 0.15) is 17.2 Å². The smallest absolute Gasteiger partial charge is 0.291 e. The minimum Gasteiger partial charge on any atom is -0.383 e. The summed E-state index contributed by atoms with van der Waals surface area (Å²) in [7, 11) is 0. The van der Waals surface area contributed by atoms with Gasteiger partial charge in [0.2, 0.25) is 5.82 Å². The number of amides is 1. The number of fused-ring (bicyclic) bond motifs is 3. The maximum atomic E-state index is 13.2. The molecule has 0 spiro atoms. The highest BCUT2D eigenvalue weighted by Crippen LogP contribution is 2.51. The molecule has 2 saturated carbocycles. The van der Waals surface area contributed by atoms with Gasteiger partial charge in [-0.15, -0.1) is 11.3 Å². The molecule has 5 N–H and O–H groups in total. The summed E-state index contributed by atoms with van der Waals surface area (Å²) >= 11 is 1.66. The van der Waals surface area contributed by atoms with Gasteiger partial charge in [0.15, 0.2) is 5.65 Å². The number of hydrogen-bond acceptors (Lipinski definition) is 9. The number of thiazole rings is 1. The summed E-state index contributed by atoms with van der Waals surface area (Å²) < 4.78 is 1.84. The molecular formula is C26H30N10OS. The molecule has 6 heterocycles. The molecule has 0 aromatic carbocycles. The number of nitrogens with one attached hydrogen (secondary N) is 1. The van der Waals surface area contributed by atoms with E-state index in [9.17, 15) is 4.79 Å². The lowest BCUT2D eigenvalue weighted by Crippen LogP contribution is -2.46. The number of rotatable bonds is 6. The third-order valence-corrected chi connectivity index (χ3v) is 9.92. The molecule has 4 aromatic heterocycles. The molecule has 196 valence electrons. The first-order chi connectivity index (χ1) is 18.6. The highest BCUT2D eigenvalue weighted by Gasteiger charge is 2.46. The fourth-order valence-corrected chi connectivity index (χ4v) is 7.80. The van der Waals surface area contributed by atoms with Crippen LogP contribution in [0.25, 0.3) is 16.1 Å². The van der Waals surface area contributed by atoms with Crippen LogP contribution in [0.5, 0.6) is 0 Å². The number of carbonyl (C=O) groups is 1. The number of carbonyl (C=O) groups excluding carboxylic acids is 1. The number of nitrogens with zero attached hydrogens (tertiary/aromatic N) is 7. The Morgan fingerprint density at radius 2 is 1.79 bits per heavy atom. The molecule has 4 aromatic rings. The Kier molecular flexibility index (Phi) is 4.94. The average Bonchev–Trinajstić information content (AvgIpc) is 3.76. The highest BCUT2D eigenvalue weighted by atomic mass is 32.1. The number of nitrogen functional groups attached to an aromatic ring is 1. The topological polar surface area (TPSA) is 157 Å². The van der Waals surface area contributed by atoms with Crippen molar-refractivity contribution >= 4 is 28.7 Å². The van der Waals surface area contributed by atoms with Crippen molar-refractivity contribution in [1.29, 1.82) is 0 Å². The van der Waals surface area contributed by atoms with Crippen molar-refractivity contribution in [2.75, 3.05) is 5.73 Å². The van der Waals surface area contributed by atoms with Crippen molar-refractivity contribution in [2.24, 2.45) is 5.73 Å². The normalized spacial score (nSPS) is 25.0. The van der Waals surface area contributed by atoms with Gasteiger partial charge in [-0.25, -0.2) is 15.0 Å². The molecule has 2 saturated heterocycles. The van der Waals surface area contributed by atoms with Crippen molar-refractivity contribution in [1.82, 2.24) is 39.7 Å². The van der Waals surface area contributed by atoms with E-state index in [4.69, 9.17) is 26.5 Å². The Bertz CT molecular complexity index is 1540. The lowest BCUT2D eigenvalue weighted by Gasteiger charge is -2.39. The van der Waals surface area contributed by atoms with Crippen molar-refractivity contribution < 1.29 is 4.79 Å². The van der Waals surface area contributed by atoms with Gasteiger partial charge in [0.05, 0.1) is 28.0 Å². The number of aromatic amines is 1. The van der Waals surface area contributed by atoms with Crippen molar-refractivity contribution in [3.05, 3.63) is 40.3 Å². The number of hydrogen-bond donors (Lipinski definition) is 3.